The number of anilines is 1. The van der Waals surface area contributed by atoms with Crippen molar-refractivity contribution in [2.45, 2.75) is 51.6 Å². The van der Waals surface area contributed by atoms with Crippen LogP contribution in [0.5, 0.6) is 5.75 Å². The molecule has 10 heteroatoms. The zero-order valence-corrected chi connectivity index (χ0v) is 23.0. The van der Waals surface area contributed by atoms with Crippen LogP contribution in [0.1, 0.15) is 50.2 Å². The van der Waals surface area contributed by atoms with Crippen molar-refractivity contribution in [1.82, 2.24) is 4.90 Å². The van der Waals surface area contributed by atoms with Crippen molar-refractivity contribution >= 4 is 44.9 Å². The van der Waals surface area contributed by atoms with Crippen LogP contribution in [-0.2, 0) is 16.7 Å². The molecular weight excluding hydrogens is 523 g/mol. The molecule has 0 unspecified atom stereocenters. The van der Waals surface area contributed by atoms with Gasteiger partial charge in [0.2, 0.25) is 0 Å². The molecular formula is C26H30Cl2N2O5S. The topological polar surface area (TPSA) is 80.1 Å². The standard InChI is InChI=1S/C26H30Cl2N2O5S/c1-5-18(4)30(26(31)24-9-8-14-34-24)17-19-10-11-20(29(6-2)7-3)15-25(19)35-36(32,33)21-12-13-22(27)23(28)16-21/h8-16,18H,5-7,17H2,1-4H3/t18-/m0/s1. The van der Waals surface area contributed by atoms with Crippen LogP contribution in [0.4, 0.5) is 5.69 Å². The zero-order chi connectivity index (χ0) is 26.5. The van der Waals surface area contributed by atoms with E-state index in [1.165, 1.54) is 24.5 Å². The van der Waals surface area contributed by atoms with E-state index in [1.807, 2.05) is 33.8 Å². The van der Waals surface area contributed by atoms with Crippen molar-refractivity contribution in [3.63, 3.8) is 0 Å². The number of rotatable bonds is 11. The SMILES string of the molecule is CC[C@H](C)N(Cc1ccc(N(CC)CC)cc1OS(=O)(=O)c1ccc(Cl)c(Cl)c1)C(=O)c1ccco1. The number of nitrogens with zero attached hydrogens (tertiary/aromatic N) is 2. The van der Waals surface area contributed by atoms with E-state index in [-0.39, 0.29) is 44.9 Å². The molecule has 0 aliphatic heterocycles. The van der Waals surface area contributed by atoms with Gasteiger partial charge in [0.05, 0.1) is 22.9 Å². The van der Waals surface area contributed by atoms with E-state index in [0.29, 0.717) is 12.0 Å². The van der Waals surface area contributed by atoms with E-state index < -0.39 is 10.1 Å². The summed E-state index contributed by atoms with van der Waals surface area (Å²) in [4.78, 5) is 16.8. The minimum absolute atomic E-state index is 0.102. The summed E-state index contributed by atoms with van der Waals surface area (Å²) in [5.74, 6) is 0.0486. The summed E-state index contributed by atoms with van der Waals surface area (Å²) in [5.41, 5.74) is 1.34. The first kappa shape index (κ1) is 27.9. The summed E-state index contributed by atoms with van der Waals surface area (Å²) >= 11 is 12.0. The number of carbonyl (C=O) groups excluding carboxylic acids is 1. The average molecular weight is 554 g/mol. The Balaban J connectivity index is 2.05. The fraction of sp³-hybridized carbons (Fsp3) is 0.346. The van der Waals surface area contributed by atoms with E-state index >= 15 is 0 Å². The van der Waals surface area contributed by atoms with E-state index in [0.717, 1.165) is 18.8 Å². The number of benzene rings is 2. The molecule has 1 aromatic heterocycles. The molecule has 0 saturated carbocycles. The molecule has 0 bridgehead atoms. The van der Waals surface area contributed by atoms with Crippen LogP contribution < -0.4 is 9.08 Å². The number of hydrogen-bond acceptors (Lipinski definition) is 6. The maximum atomic E-state index is 13.2. The number of halogens is 2. The molecule has 1 amide bonds. The Bertz CT molecular complexity index is 1290. The van der Waals surface area contributed by atoms with Crippen molar-refractivity contribution in [3.05, 3.63) is 76.2 Å². The van der Waals surface area contributed by atoms with Gasteiger partial charge in [-0.25, -0.2) is 0 Å². The molecule has 3 aromatic rings. The summed E-state index contributed by atoms with van der Waals surface area (Å²) in [5, 5.41) is 0.339. The van der Waals surface area contributed by atoms with Gasteiger partial charge in [0.1, 0.15) is 10.6 Å². The van der Waals surface area contributed by atoms with E-state index in [4.69, 9.17) is 31.8 Å². The van der Waals surface area contributed by atoms with Gasteiger partial charge in [0.15, 0.2) is 5.76 Å². The molecule has 194 valence electrons. The summed E-state index contributed by atoms with van der Waals surface area (Å²) in [6.07, 6.45) is 2.14. The average Bonchev–Trinajstić information content (AvgIpc) is 3.40. The van der Waals surface area contributed by atoms with Gasteiger partial charge in [-0.3, -0.25) is 4.79 Å². The van der Waals surface area contributed by atoms with Crippen LogP contribution in [0.15, 0.2) is 64.1 Å². The first-order chi connectivity index (χ1) is 17.1. The molecule has 0 N–H and O–H groups in total. The highest BCUT2D eigenvalue weighted by molar-refractivity contribution is 7.87. The second-order valence-electron chi connectivity index (χ2n) is 8.25. The molecule has 1 heterocycles. The number of furan rings is 1. The predicted molar refractivity (Wildman–Crippen MR) is 143 cm³/mol. The largest absolute Gasteiger partial charge is 0.459 e. The van der Waals surface area contributed by atoms with Gasteiger partial charge < -0.3 is 18.4 Å². The van der Waals surface area contributed by atoms with Crippen LogP contribution in [0.3, 0.4) is 0 Å². The molecule has 0 fully saturated rings. The highest BCUT2D eigenvalue weighted by Gasteiger charge is 2.26. The van der Waals surface area contributed by atoms with Gasteiger partial charge in [-0.1, -0.05) is 36.2 Å². The Labute approximate surface area is 222 Å². The summed E-state index contributed by atoms with van der Waals surface area (Å²) in [6, 6.07) is 12.5. The van der Waals surface area contributed by atoms with Crippen LogP contribution in [0.25, 0.3) is 0 Å². The van der Waals surface area contributed by atoms with Gasteiger partial charge in [-0.15, -0.1) is 0 Å². The zero-order valence-electron chi connectivity index (χ0n) is 20.7. The lowest BCUT2D eigenvalue weighted by Gasteiger charge is -2.29. The lowest BCUT2D eigenvalue weighted by Crippen LogP contribution is -2.37. The van der Waals surface area contributed by atoms with Crippen LogP contribution in [0.2, 0.25) is 10.0 Å². The van der Waals surface area contributed by atoms with E-state index in [1.54, 1.807) is 29.2 Å². The van der Waals surface area contributed by atoms with Gasteiger partial charge >= 0.3 is 10.1 Å². The molecule has 0 aliphatic carbocycles. The van der Waals surface area contributed by atoms with Crippen LogP contribution >= 0.6 is 23.2 Å². The Hall–Kier alpha value is -2.68. The highest BCUT2D eigenvalue weighted by atomic mass is 35.5. The number of carbonyl (C=O) groups is 1. The summed E-state index contributed by atoms with van der Waals surface area (Å²) in [7, 11) is -4.24. The molecule has 0 spiro atoms. The third kappa shape index (κ3) is 6.35. The second kappa shape index (κ2) is 12.0. The Kier molecular flexibility index (Phi) is 9.33. The molecule has 0 aliphatic rings. The maximum absolute atomic E-state index is 13.2. The lowest BCUT2D eigenvalue weighted by atomic mass is 10.1. The molecule has 7 nitrogen and oxygen atoms in total. The van der Waals surface area contributed by atoms with Crippen molar-refractivity contribution in [1.29, 1.82) is 0 Å². The lowest BCUT2D eigenvalue weighted by molar-refractivity contribution is 0.0638. The van der Waals surface area contributed by atoms with Crippen LogP contribution in [-0.4, -0.2) is 38.4 Å². The number of hydrogen-bond donors (Lipinski definition) is 0. The summed E-state index contributed by atoms with van der Waals surface area (Å²) < 4.78 is 37.4. The van der Waals surface area contributed by atoms with Crippen molar-refractivity contribution in [2.24, 2.45) is 0 Å². The Morgan fingerprint density at radius 2 is 1.75 bits per heavy atom. The number of amides is 1. The quantitative estimate of drug-likeness (QED) is 0.248. The fourth-order valence-corrected chi connectivity index (χ4v) is 5.06. The maximum Gasteiger partial charge on any atom is 0.339 e. The Morgan fingerprint density at radius 1 is 1.03 bits per heavy atom. The van der Waals surface area contributed by atoms with Crippen molar-refractivity contribution in [3.8, 4) is 5.75 Å². The van der Waals surface area contributed by atoms with Crippen LogP contribution in [0, 0.1) is 0 Å². The highest BCUT2D eigenvalue weighted by Crippen LogP contribution is 2.32. The van der Waals surface area contributed by atoms with E-state index in [2.05, 4.69) is 4.90 Å². The fourth-order valence-electron chi connectivity index (χ4n) is 3.71. The third-order valence-electron chi connectivity index (χ3n) is 6.01. The van der Waals surface area contributed by atoms with Gasteiger partial charge in [0.25, 0.3) is 5.91 Å². The van der Waals surface area contributed by atoms with Gasteiger partial charge in [-0.05, 0) is 63.6 Å². The predicted octanol–water partition coefficient (Wildman–Crippen LogP) is 6.64. The van der Waals surface area contributed by atoms with E-state index in [9.17, 15) is 13.2 Å². The molecule has 0 radical (unpaired) electrons. The first-order valence-electron chi connectivity index (χ1n) is 11.7. The molecule has 0 saturated heterocycles. The second-order valence-corrected chi connectivity index (χ2v) is 10.6. The van der Waals surface area contributed by atoms with Crippen molar-refractivity contribution < 1.29 is 21.8 Å². The Morgan fingerprint density at radius 3 is 2.33 bits per heavy atom. The first-order valence-corrected chi connectivity index (χ1v) is 13.9. The van der Waals surface area contributed by atoms with Gasteiger partial charge in [0, 0.05) is 36.4 Å². The monoisotopic (exact) mass is 552 g/mol. The molecule has 2 aromatic carbocycles. The smallest absolute Gasteiger partial charge is 0.339 e. The molecule has 1 atom stereocenters. The third-order valence-corrected chi connectivity index (χ3v) is 7.98. The van der Waals surface area contributed by atoms with Gasteiger partial charge in [-0.2, -0.15) is 8.42 Å². The molecule has 3 rings (SSSR count). The minimum Gasteiger partial charge on any atom is -0.459 e. The van der Waals surface area contributed by atoms with Crippen molar-refractivity contribution in [2.75, 3.05) is 18.0 Å². The minimum atomic E-state index is -4.24. The molecule has 36 heavy (non-hydrogen) atoms. The summed E-state index contributed by atoms with van der Waals surface area (Å²) in [6.45, 7) is 9.50. The normalized spacial score (nSPS) is 12.3.